The molecule has 0 amide bonds. The molecule has 2 fully saturated rings. The number of likely N-dealkylation sites (tertiary alicyclic amines) is 1. The van der Waals surface area contributed by atoms with Crippen LogP contribution in [0.25, 0.3) is 0 Å². The van der Waals surface area contributed by atoms with E-state index in [1.165, 1.54) is 32.1 Å². The van der Waals surface area contributed by atoms with Crippen LogP contribution >= 0.6 is 0 Å². The Bertz CT molecular complexity index is 175. The van der Waals surface area contributed by atoms with Crippen molar-refractivity contribution in [2.75, 3.05) is 0 Å². The lowest BCUT2D eigenvalue weighted by Gasteiger charge is -2.44. The normalized spacial score (nSPS) is 46.4. The van der Waals surface area contributed by atoms with Crippen LogP contribution in [-0.2, 0) is 0 Å². The van der Waals surface area contributed by atoms with E-state index in [0.717, 1.165) is 18.1 Å². The smallest absolute Gasteiger partial charge is 0.0130 e. The molecule has 2 atom stereocenters. The minimum absolute atomic E-state index is 0.496. The fourth-order valence-corrected chi connectivity index (χ4v) is 3.04. The summed E-state index contributed by atoms with van der Waals surface area (Å²) in [5, 5.41) is 0. The van der Waals surface area contributed by atoms with Crippen molar-refractivity contribution in [2.24, 2.45) is 5.73 Å². The molecule has 2 unspecified atom stereocenters. The van der Waals surface area contributed by atoms with Gasteiger partial charge in [0, 0.05) is 24.2 Å². The first-order valence-electron chi connectivity index (χ1n) is 5.75. The van der Waals surface area contributed by atoms with Gasteiger partial charge < -0.3 is 5.73 Å². The highest BCUT2D eigenvalue weighted by Crippen LogP contribution is 2.35. The van der Waals surface area contributed by atoms with Crippen molar-refractivity contribution in [2.45, 2.75) is 70.1 Å². The summed E-state index contributed by atoms with van der Waals surface area (Å²) in [4.78, 5) is 2.74. The Balaban J connectivity index is 1.95. The lowest BCUT2D eigenvalue weighted by molar-refractivity contribution is 0.0662. The van der Waals surface area contributed by atoms with Gasteiger partial charge in [0.2, 0.25) is 0 Å². The minimum Gasteiger partial charge on any atom is -0.328 e. The average Bonchev–Trinajstić information content (AvgIpc) is 2.41. The molecule has 0 aromatic carbocycles. The van der Waals surface area contributed by atoms with Gasteiger partial charge in [-0.3, -0.25) is 4.90 Å². The Hall–Kier alpha value is -0.0800. The maximum absolute atomic E-state index is 5.84. The topological polar surface area (TPSA) is 29.3 Å². The van der Waals surface area contributed by atoms with Gasteiger partial charge in [0.15, 0.2) is 0 Å². The van der Waals surface area contributed by atoms with Gasteiger partial charge in [0.05, 0.1) is 0 Å². The third kappa shape index (κ3) is 1.62. The second-order valence-corrected chi connectivity index (χ2v) is 4.82. The first-order valence-corrected chi connectivity index (χ1v) is 5.75. The molecular weight excluding hydrogens is 160 g/mol. The van der Waals surface area contributed by atoms with Gasteiger partial charge in [-0.05, 0) is 39.0 Å². The van der Waals surface area contributed by atoms with E-state index in [4.69, 9.17) is 5.73 Å². The monoisotopic (exact) mass is 182 g/mol. The van der Waals surface area contributed by atoms with Gasteiger partial charge >= 0.3 is 0 Å². The van der Waals surface area contributed by atoms with Crippen LogP contribution in [-0.4, -0.2) is 29.1 Å². The molecular formula is C11H22N2. The van der Waals surface area contributed by atoms with Crippen molar-refractivity contribution >= 4 is 0 Å². The maximum Gasteiger partial charge on any atom is 0.0130 e. The van der Waals surface area contributed by atoms with E-state index >= 15 is 0 Å². The lowest BCUT2D eigenvalue weighted by atomic mass is 9.85. The largest absolute Gasteiger partial charge is 0.328 e. The average molecular weight is 182 g/mol. The SMILES string of the molecule is CCC1CCC(C)N1C1CC(N)C1. The summed E-state index contributed by atoms with van der Waals surface area (Å²) < 4.78 is 0. The first kappa shape index (κ1) is 9.47. The van der Waals surface area contributed by atoms with E-state index in [-0.39, 0.29) is 0 Å². The molecule has 2 nitrogen and oxygen atoms in total. The summed E-state index contributed by atoms with van der Waals surface area (Å²) in [5.74, 6) is 0. The van der Waals surface area contributed by atoms with Crippen LogP contribution in [0.3, 0.4) is 0 Å². The van der Waals surface area contributed by atoms with Crippen molar-refractivity contribution in [3.63, 3.8) is 0 Å². The van der Waals surface area contributed by atoms with Crippen LogP contribution < -0.4 is 5.73 Å². The molecule has 1 saturated heterocycles. The maximum atomic E-state index is 5.84. The Morgan fingerprint density at radius 1 is 1.31 bits per heavy atom. The Kier molecular flexibility index (Phi) is 2.61. The van der Waals surface area contributed by atoms with Gasteiger partial charge in [-0.1, -0.05) is 6.92 Å². The molecule has 2 aliphatic rings. The predicted molar refractivity (Wildman–Crippen MR) is 55.6 cm³/mol. The standard InChI is InChI=1S/C11H22N2/c1-3-10-5-4-8(2)13(10)11-6-9(12)7-11/h8-11H,3-7,12H2,1-2H3. The summed E-state index contributed by atoms with van der Waals surface area (Å²) in [6.07, 6.45) is 6.59. The second kappa shape index (κ2) is 3.58. The third-order valence-electron chi connectivity index (χ3n) is 3.89. The Morgan fingerprint density at radius 3 is 2.54 bits per heavy atom. The number of nitrogens with two attached hydrogens (primary N) is 1. The molecule has 1 aliphatic carbocycles. The third-order valence-corrected chi connectivity index (χ3v) is 3.89. The number of hydrogen-bond acceptors (Lipinski definition) is 2. The van der Waals surface area contributed by atoms with Gasteiger partial charge in [0.25, 0.3) is 0 Å². The molecule has 2 N–H and O–H groups in total. The van der Waals surface area contributed by atoms with Gasteiger partial charge in [-0.15, -0.1) is 0 Å². The second-order valence-electron chi connectivity index (χ2n) is 4.82. The molecule has 0 bridgehead atoms. The highest BCUT2D eigenvalue weighted by atomic mass is 15.2. The summed E-state index contributed by atoms with van der Waals surface area (Å²) in [7, 11) is 0. The summed E-state index contributed by atoms with van der Waals surface area (Å²) in [6, 6.07) is 2.97. The zero-order valence-corrected chi connectivity index (χ0v) is 8.87. The molecule has 1 aliphatic heterocycles. The van der Waals surface area contributed by atoms with Gasteiger partial charge in [0.1, 0.15) is 0 Å². The lowest BCUT2D eigenvalue weighted by Crippen LogP contribution is -2.54. The van der Waals surface area contributed by atoms with Gasteiger partial charge in [-0.25, -0.2) is 0 Å². The van der Waals surface area contributed by atoms with Crippen LogP contribution in [0.5, 0.6) is 0 Å². The highest BCUT2D eigenvalue weighted by Gasteiger charge is 2.39. The van der Waals surface area contributed by atoms with Crippen LogP contribution in [0.4, 0.5) is 0 Å². The zero-order valence-electron chi connectivity index (χ0n) is 8.87. The number of hydrogen-bond donors (Lipinski definition) is 1. The quantitative estimate of drug-likeness (QED) is 0.705. The van der Waals surface area contributed by atoms with E-state index in [0.29, 0.717) is 6.04 Å². The molecule has 76 valence electrons. The van der Waals surface area contributed by atoms with Crippen molar-refractivity contribution in [3.8, 4) is 0 Å². The van der Waals surface area contributed by atoms with Crippen molar-refractivity contribution in [3.05, 3.63) is 0 Å². The van der Waals surface area contributed by atoms with Crippen LogP contribution in [0.2, 0.25) is 0 Å². The molecule has 0 aromatic heterocycles. The number of nitrogens with zero attached hydrogens (tertiary/aromatic N) is 1. The Labute approximate surface area is 81.5 Å². The van der Waals surface area contributed by atoms with E-state index in [1.807, 2.05) is 0 Å². The zero-order chi connectivity index (χ0) is 9.42. The molecule has 2 heteroatoms. The van der Waals surface area contributed by atoms with Crippen LogP contribution in [0.1, 0.15) is 46.0 Å². The van der Waals surface area contributed by atoms with E-state index < -0.39 is 0 Å². The summed E-state index contributed by atoms with van der Waals surface area (Å²) in [6.45, 7) is 4.69. The van der Waals surface area contributed by atoms with Crippen molar-refractivity contribution in [1.82, 2.24) is 4.90 Å². The summed E-state index contributed by atoms with van der Waals surface area (Å²) in [5.41, 5.74) is 5.84. The van der Waals surface area contributed by atoms with Crippen molar-refractivity contribution in [1.29, 1.82) is 0 Å². The fourth-order valence-electron chi connectivity index (χ4n) is 3.04. The molecule has 0 radical (unpaired) electrons. The van der Waals surface area contributed by atoms with Gasteiger partial charge in [-0.2, -0.15) is 0 Å². The molecule has 0 spiro atoms. The van der Waals surface area contributed by atoms with E-state index in [9.17, 15) is 0 Å². The predicted octanol–water partition coefficient (Wildman–Crippen LogP) is 1.74. The van der Waals surface area contributed by atoms with Crippen molar-refractivity contribution < 1.29 is 0 Å². The molecule has 1 heterocycles. The first-order chi connectivity index (χ1) is 6.22. The van der Waals surface area contributed by atoms with Crippen LogP contribution in [0, 0.1) is 0 Å². The van der Waals surface area contributed by atoms with Crippen LogP contribution in [0.15, 0.2) is 0 Å². The molecule has 0 aromatic rings. The fraction of sp³-hybridized carbons (Fsp3) is 1.00. The highest BCUT2D eigenvalue weighted by molar-refractivity contribution is 4.97. The summed E-state index contributed by atoms with van der Waals surface area (Å²) >= 11 is 0. The van der Waals surface area contributed by atoms with E-state index in [1.54, 1.807) is 0 Å². The van der Waals surface area contributed by atoms with E-state index in [2.05, 4.69) is 18.7 Å². The molecule has 13 heavy (non-hydrogen) atoms. The minimum atomic E-state index is 0.496. The molecule has 2 rings (SSSR count). The number of rotatable bonds is 2. The molecule has 1 saturated carbocycles. The Morgan fingerprint density at radius 2 is 2.00 bits per heavy atom.